The maximum atomic E-state index is 12.8. The highest BCUT2D eigenvalue weighted by molar-refractivity contribution is 7.15. The third-order valence-electron chi connectivity index (χ3n) is 6.44. The lowest BCUT2D eigenvalue weighted by Gasteiger charge is -2.46. The Bertz CT molecular complexity index is 1100. The van der Waals surface area contributed by atoms with Crippen LogP contribution in [0.4, 0.5) is 18.3 Å². The van der Waals surface area contributed by atoms with Crippen molar-refractivity contribution in [3.63, 3.8) is 0 Å². The third-order valence-corrected chi connectivity index (χ3v) is 7.51. The van der Waals surface area contributed by atoms with Crippen LogP contribution < -0.4 is 16.0 Å². The molecule has 35 heavy (non-hydrogen) atoms. The normalized spacial score (nSPS) is 21.0. The van der Waals surface area contributed by atoms with Crippen molar-refractivity contribution >= 4 is 28.3 Å². The summed E-state index contributed by atoms with van der Waals surface area (Å²) in [6.45, 7) is 1.17. The molecule has 186 valence electrons. The Hall–Kier alpha value is -3.17. The van der Waals surface area contributed by atoms with Crippen molar-refractivity contribution in [2.24, 2.45) is 0 Å². The van der Waals surface area contributed by atoms with Gasteiger partial charge in [-0.15, -0.1) is 11.3 Å². The predicted octanol–water partition coefficient (Wildman–Crippen LogP) is 3.31. The van der Waals surface area contributed by atoms with Gasteiger partial charge < -0.3 is 10.6 Å². The molecule has 2 amide bonds. The molecule has 1 saturated heterocycles. The van der Waals surface area contributed by atoms with E-state index in [4.69, 9.17) is 5.26 Å². The Morgan fingerprint density at radius 3 is 2.63 bits per heavy atom. The van der Waals surface area contributed by atoms with Gasteiger partial charge in [-0.05, 0) is 49.8 Å². The molecule has 1 aliphatic carbocycles. The van der Waals surface area contributed by atoms with Crippen molar-refractivity contribution in [2.45, 2.75) is 49.9 Å². The van der Waals surface area contributed by atoms with Crippen LogP contribution in [0.1, 0.15) is 52.4 Å². The molecule has 12 heteroatoms. The summed E-state index contributed by atoms with van der Waals surface area (Å²) in [5.41, 5.74) is -1.06. The van der Waals surface area contributed by atoms with Gasteiger partial charge in [0.1, 0.15) is 0 Å². The van der Waals surface area contributed by atoms with E-state index in [2.05, 4.69) is 25.8 Å². The molecular formula is C23H25F3N6O2S. The molecule has 0 bridgehead atoms. The molecule has 2 fully saturated rings. The number of carbonyl (C=O) groups excluding carboxylic acids is 2. The Morgan fingerprint density at radius 2 is 1.94 bits per heavy atom. The first-order valence-corrected chi connectivity index (χ1v) is 12.1. The molecule has 0 unspecified atom stereocenters. The zero-order valence-electron chi connectivity index (χ0n) is 18.8. The molecule has 1 aliphatic heterocycles. The monoisotopic (exact) mass is 506 g/mol. The van der Waals surface area contributed by atoms with E-state index in [9.17, 15) is 22.8 Å². The van der Waals surface area contributed by atoms with Crippen molar-refractivity contribution in [1.82, 2.24) is 20.5 Å². The maximum Gasteiger partial charge on any atom is 0.416 e. The van der Waals surface area contributed by atoms with Crippen LogP contribution in [0.3, 0.4) is 0 Å². The molecular weight excluding hydrogens is 481 g/mol. The zero-order chi connectivity index (χ0) is 25.0. The number of alkyl halides is 3. The first-order valence-electron chi connectivity index (χ1n) is 11.3. The smallest absolute Gasteiger partial charge is 0.349 e. The predicted molar refractivity (Wildman–Crippen MR) is 124 cm³/mol. The van der Waals surface area contributed by atoms with Gasteiger partial charge in [0.2, 0.25) is 5.91 Å². The summed E-state index contributed by atoms with van der Waals surface area (Å²) >= 11 is 1.52. The van der Waals surface area contributed by atoms with E-state index in [1.807, 2.05) is 12.4 Å². The fourth-order valence-corrected chi connectivity index (χ4v) is 5.52. The van der Waals surface area contributed by atoms with Crippen LogP contribution in [0.25, 0.3) is 0 Å². The van der Waals surface area contributed by atoms with Crippen LogP contribution in [-0.2, 0) is 11.0 Å². The van der Waals surface area contributed by atoms with E-state index in [1.54, 1.807) is 0 Å². The van der Waals surface area contributed by atoms with Crippen LogP contribution in [0.5, 0.6) is 0 Å². The Kier molecular flexibility index (Phi) is 7.57. The number of halogens is 3. The summed E-state index contributed by atoms with van der Waals surface area (Å²) in [5.74, 6) is -0.643. The summed E-state index contributed by atoms with van der Waals surface area (Å²) in [6.07, 6.45) is 3.40. The lowest BCUT2D eigenvalue weighted by Crippen LogP contribution is -2.63. The number of anilines is 1. The Morgan fingerprint density at radius 1 is 1.20 bits per heavy atom. The number of nitrogens with zero attached hydrogens (tertiary/aromatic N) is 3. The summed E-state index contributed by atoms with van der Waals surface area (Å²) < 4.78 is 38.4. The fraction of sp³-hybridized carbons (Fsp3) is 0.478. The molecule has 3 N–H and O–H groups in total. The van der Waals surface area contributed by atoms with Gasteiger partial charge in [-0.3, -0.25) is 19.8 Å². The number of hydrogen-bond acceptors (Lipinski definition) is 7. The molecule has 8 nitrogen and oxygen atoms in total. The van der Waals surface area contributed by atoms with Crippen molar-refractivity contribution in [2.75, 3.05) is 25.0 Å². The van der Waals surface area contributed by atoms with Crippen molar-refractivity contribution < 1.29 is 22.8 Å². The highest BCUT2D eigenvalue weighted by Crippen LogP contribution is 2.39. The standard InChI is InChI=1S/C23H25F3N6O2S/c24-23(25,26)16-3-1-2-15(8-16)21(34)28-10-20(33)31-17-11-32(12-17)18-6-4-14(5-7-18)19-9-29-22(35-19)30-13-27/h1-3,8-9,14,17-18H,4-7,10-12H2,(H,28,34)(H,29,30)(H,31,33). The largest absolute Gasteiger partial charge is 0.416 e. The van der Waals surface area contributed by atoms with Gasteiger partial charge in [-0.25, -0.2) is 4.98 Å². The summed E-state index contributed by atoms with van der Waals surface area (Å²) in [4.78, 5) is 32.1. The minimum atomic E-state index is -4.54. The van der Waals surface area contributed by atoms with Crippen molar-refractivity contribution in [1.29, 1.82) is 5.26 Å². The van der Waals surface area contributed by atoms with Gasteiger partial charge in [0.05, 0.1) is 18.2 Å². The molecule has 1 aromatic carbocycles. The second kappa shape index (κ2) is 10.6. The molecule has 0 spiro atoms. The average molecular weight is 507 g/mol. The van der Waals surface area contributed by atoms with Gasteiger partial charge >= 0.3 is 6.18 Å². The maximum absolute atomic E-state index is 12.8. The fourth-order valence-electron chi connectivity index (χ4n) is 4.59. The molecule has 4 rings (SSSR count). The second-order valence-electron chi connectivity index (χ2n) is 8.79. The number of aromatic nitrogens is 1. The molecule has 0 radical (unpaired) electrons. The molecule has 1 aromatic heterocycles. The third kappa shape index (κ3) is 6.29. The molecule has 2 aliphatic rings. The van der Waals surface area contributed by atoms with E-state index in [1.165, 1.54) is 22.3 Å². The number of nitriles is 1. The van der Waals surface area contributed by atoms with Crippen LogP contribution in [-0.4, -0.2) is 53.4 Å². The minimum Gasteiger partial charge on any atom is -0.349 e. The SMILES string of the molecule is N#CNc1ncc(C2CCC(N3CC(NC(=O)CNC(=O)c4cccc(C(F)(F)F)c4)C3)CC2)s1. The van der Waals surface area contributed by atoms with Crippen LogP contribution in [0.15, 0.2) is 30.5 Å². The van der Waals surface area contributed by atoms with Crippen molar-refractivity contribution in [3.8, 4) is 6.19 Å². The number of benzene rings is 1. The highest BCUT2D eigenvalue weighted by atomic mass is 32.1. The van der Waals surface area contributed by atoms with E-state index < -0.39 is 17.6 Å². The lowest BCUT2D eigenvalue weighted by molar-refractivity contribution is -0.137. The van der Waals surface area contributed by atoms with Crippen LogP contribution >= 0.6 is 11.3 Å². The van der Waals surface area contributed by atoms with Crippen molar-refractivity contribution in [3.05, 3.63) is 46.5 Å². The van der Waals surface area contributed by atoms with Gasteiger partial charge in [0, 0.05) is 35.8 Å². The Balaban J connectivity index is 1.15. The number of rotatable bonds is 7. The second-order valence-corrected chi connectivity index (χ2v) is 9.85. The topological polar surface area (TPSA) is 110 Å². The van der Waals surface area contributed by atoms with Crippen LogP contribution in [0, 0.1) is 11.5 Å². The molecule has 1 saturated carbocycles. The van der Waals surface area contributed by atoms with Crippen LogP contribution in [0.2, 0.25) is 0 Å². The summed E-state index contributed by atoms with van der Waals surface area (Å²) in [5, 5.41) is 17.1. The number of thiazole rings is 1. The van der Waals surface area contributed by atoms with Gasteiger partial charge in [-0.1, -0.05) is 6.07 Å². The number of carbonyl (C=O) groups is 2. The Labute approximate surface area is 204 Å². The van der Waals surface area contributed by atoms with E-state index in [0.717, 1.165) is 57.0 Å². The number of likely N-dealkylation sites (tertiary alicyclic amines) is 1. The quantitative estimate of drug-likeness (QED) is 0.393. The van der Waals surface area contributed by atoms with E-state index in [-0.39, 0.29) is 24.1 Å². The lowest BCUT2D eigenvalue weighted by atomic mass is 9.83. The summed E-state index contributed by atoms with van der Waals surface area (Å²) in [7, 11) is 0. The van der Waals surface area contributed by atoms with Gasteiger partial charge in [-0.2, -0.15) is 18.4 Å². The van der Waals surface area contributed by atoms with E-state index >= 15 is 0 Å². The number of amides is 2. The highest BCUT2D eigenvalue weighted by Gasteiger charge is 2.36. The first kappa shape index (κ1) is 24.9. The van der Waals surface area contributed by atoms with Gasteiger partial charge in [0.25, 0.3) is 5.91 Å². The number of nitrogens with one attached hydrogen (secondary N) is 3. The molecule has 0 atom stereocenters. The van der Waals surface area contributed by atoms with Gasteiger partial charge in [0.15, 0.2) is 11.3 Å². The summed E-state index contributed by atoms with van der Waals surface area (Å²) in [6, 6.07) is 4.55. The minimum absolute atomic E-state index is 0.00760. The zero-order valence-corrected chi connectivity index (χ0v) is 19.6. The molecule has 2 aromatic rings. The number of hydrogen-bond donors (Lipinski definition) is 3. The average Bonchev–Trinajstić information content (AvgIpc) is 3.28. The van der Waals surface area contributed by atoms with E-state index in [0.29, 0.717) is 17.1 Å². The molecule has 2 heterocycles. The first-order chi connectivity index (χ1) is 16.7.